The van der Waals surface area contributed by atoms with Crippen LogP contribution in [0, 0.1) is 0 Å². The molecule has 4 aromatic rings. The maximum atomic E-state index is 12.9. The van der Waals surface area contributed by atoms with Gasteiger partial charge in [0, 0.05) is 23.7 Å². The van der Waals surface area contributed by atoms with Gasteiger partial charge in [0.1, 0.15) is 22.6 Å². The number of anilines is 1. The molecule has 4 N–H and O–H groups in total. The van der Waals surface area contributed by atoms with Gasteiger partial charge in [0.05, 0.1) is 23.9 Å². The summed E-state index contributed by atoms with van der Waals surface area (Å²) in [7, 11) is 1.55. The Morgan fingerprint density at radius 1 is 1.29 bits per heavy atom. The number of nitrogens with zero attached hydrogens (tertiary/aromatic N) is 4. The standard InChI is InChI=1S/C21H19BrN6O3/c1-31-9-8-24-21(30)17-18-20(27-15-5-3-2-4-14(15)26-18)28(19(17)23)25-11-12-10-13(22)6-7-16(12)29/h2-7,10-11,29H,8-9,23H2,1H3,(H,24,30)/b25-11+. The first-order valence-electron chi connectivity index (χ1n) is 9.36. The van der Waals surface area contributed by atoms with Gasteiger partial charge in [0.2, 0.25) is 0 Å². The number of benzene rings is 2. The lowest BCUT2D eigenvalue weighted by Crippen LogP contribution is -2.27. The molecule has 2 aromatic carbocycles. The minimum Gasteiger partial charge on any atom is -0.507 e. The lowest BCUT2D eigenvalue weighted by atomic mass is 10.2. The molecule has 2 heterocycles. The third-order valence-corrected chi connectivity index (χ3v) is 5.09. The lowest BCUT2D eigenvalue weighted by molar-refractivity contribution is 0.0939. The zero-order valence-corrected chi connectivity index (χ0v) is 18.1. The number of fused-ring (bicyclic) bond motifs is 2. The summed E-state index contributed by atoms with van der Waals surface area (Å²) in [6, 6.07) is 12.3. The van der Waals surface area contributed by atoms with Gasteiger partial charge in [-0.1, -0.05) is 28.1 Å². The Morgan fingerprint density at radius 3 is 2.77 bits per heavy atom. The van der Waals surface area contributed by atoms with Gasteiger partial charge in [-0.25, -0.2) is 9.97 Å². The zero-order chi connectivity index (χ0) is 22.0. The third-order valence-electron chi connectivity index (χ3n) is 4.59. The van der Waals surface area contributed by atoms with Crippen LogP contribution in [0.1, 0.15) is 15.9 Å². The van der Waals surface area contributed by atoms with Crippen LogP contribution in [-0.4, -0.2) is 52.1 Å². The van der Waals surface area contributed by atoms with E-state index < -0.39 is 5.91 Å². The van der Waals surface area contributed by atoms with Gasteiger partial charge in [-0.15, -0.1) is 0 Å². The molecule has 0 aliphatic rings. The van der Waals surface area contributed by atoms with Crippen LogP contribution in [0.4, 0.5) is 5.82 Å². The summed E-state index contributed by atoms with van der Waals surface area (Å²) in [4.78, 5) is 22.1. The van der Waals surface area contributed by atoms with Gasteiger partial charge in [-0.05, 0) is 30.3 Å². The molecule has 0 unspecified atom stereocenters. The average Bonchev–Trinajstić information content (AvgIpc) is 3.03. The number of para-hydroxylation sites is 2. The van der Waals surface area contributed by atoms with Crippen LogP contribution < -0.4 is 11.1 Å². The molecule has 0 atom stereocenters. The molecule has 1 amide bonds. The fraction of sp³-hybridized carbons (Fsp3) is 0.143. The highest BCUT2D eigenvalue weighted by atomic mass is 79.9. The van der Waals surface area contributed by atoms with Crippen LogP contribution in [-0.2, 0) is 4.74 Å². The lowest BCUT2D eigenvalue weighted by Gasteiger charge is -2.04. The second-order valence-electron chi connectivity index (χ2n) is 6.65. The van der Waals surface area contributed by atoms with E-state index in [4.69, 9.17) is 10.5 Å². The van der Waals surface area contributed by atoms with Crippen molar-refractivity contribution in [3.05, 3.63) is 58.1 Å². The summed E-state index contributed by atoms with van der Waals surface area (Å²) in [6.45, 7) is 0.677. The predicted octanol–water partition coefficient (Wildman–Crippen LogP) is 2.89. The van der Waals surface area contributed by atoms with Crippen LogP contribution >= 0.6 is 15.9 Å². The molecule has 0 aliphatic heterocycles. The Hall–Kier alpha value is -3.50. The minimum absolute atomic E-state index is 0.0519. The second-order valence-corrected chi connectivity index (χ2v) is 7.57. The molecule has 0 radical (unpaired) electrons. The number of methoxy groups -OCH3 is 1. The number of carbonyl (C=O) groups is 1. The number of aromatic nitrogens is 3. The highest BCUT2D eigenvalue weighted by molar-refractivity contribution is 9.10. The van der Waals surface area contributed by atoms with E-state index in [9.17, 15) is 9.90 Å². The number of hydrogen-bond acceptors (Lipinski definition) is 7. The third kappa shape index (κ3) is 4.07. The summed E-state index contributed by atoms with van der Waals surface area (Å²) < 4.78 is 7.11. The van der Waals surface area contributed by atoms with E-state index in [0.717, 1.165) is 4.47 Å². The van der Waals surface area contributed by atoms with Crippen LogP contribution in [0.2, 0.25) is 0 Å². The van der Waals surface area contributed by atoms with E-state index in [0.29, 0.717) is 40.9 Å². The molecule has 0 saturated heterocycles. The summed E-state index contributed by atoms with van der Waals surface area (Å²) in [5.74, 6) is -0.259. The predicted molar refractivity (Wildman–Crippen MR) is 122 cm³/mol. The molecule has 0 bridgehead atoms. The number of amides is 1. The molecule has 2 aromatic heterocycles. The van der Waals surface area contributed by atoms with Crippen molar-refractivity contribution in [2.45, 2.75) is 0 Å². The number of nitrogens with two attached hydrogens (primary N) is 1. The summed E-state index contributed by atoms with van der Waals surface area (Å²) >= 11 is 3.37. The number of aromatic hydroxyl groups is 1. The van der Waals surface area contributed by atoms with Crippen LogP contribution in [0.25, 0.3) is 22.2 Å². The summed E-state index contributed by atoms with van der Waals surface area (Å²) in [5, 5.41) is 17.2. The number of carbonyl (C=O) groups excluding carboxylic acids is 1. The van der Waals surface area contributed by atoms with Crippen LogP contribution in [0.5, 0.6) is 5.75 Å². The van der Waals surface area contributed by atoms with Gasteiger partial charge in [0.15, 0.2) is 5.65 Å². The maximum Gasteiger partial charge on any atom is 0.257 e. The second kappa shape index (κ2) is 8.70. The molecule has 9 nitrogen and oxygen atoms in total. The fourth-order valence-electron chi connectivity index (χ4n) is 3.09. The van der Waals surface area contributed by atoms with E-state index >= 15 is 0 Å². The molecule has 0 fully saturated rings. The molecular formula is C21H19BrN6O3. The van der Waals surface area contributed by atoms with E-state index in [2.05, 4.69) is 36.3 Å². The van der Waals surface area contributed by atoms with Crippen molar-refractivity contribution in [2.75, 3.05) is 26.0 Å². The van der Waals surface area contributed by atoms with Crippen LogP contribution in [0.3, 0.4) is 0 Å². The van der Waals surface area contributed by atoms with E-state index in [-0.39, 0.29) is 17.1 Å². The van der Waals surface area contributed by atoms with Gasteiger partial charge in [0.25, 0.3) is 5.91 Å². The topological polar surface area (TPSA) is 128 Å². The Bertz CT molecular complexity index is 1320. The summed E-state index contributed by atoms with van der Waals surface area (Å²) in [5.41, 5.74) is 8.91. The number of ether oxygens (including phenoxy) is 1. The maximum absolute atomic E-state index is 12.9. The van der Waals surface area contributed by atoms with Crippen molar-refractivity contribution < 1.29 is 14.6 Å². The van der Waals surface area contributed by atoms with Gasteiger partial charge in [-0.3, -0.25) is 4.79 Å². The monoisotopic (exact) mass is 482 g/mol. The molecule has 0 aliphatic carbocycles. The highest BCUT2D eigenvalue weighted by Crippen LogP contribution is 2.28. The number of nitrogens with one attached hydrogen (secondary N) is 1. The van der Waals surface area contributed by atoms with E-state index in [1.807, 2.05) is 24.3 Å². The number of phenols is 1. The van der Waals surface area contributed by atoms with E-state index in [1.165, 1.54) is 10.9 Å². The van der Waals surface area contributed by atoms with Crippen molar-refractivity contribution in [3.8, 4) is 5.75 Å². The molecule has 0 spiro atoms. The normalized spacial score (nSPS) is 11.5. The van der Waals surface area contributed by atoms with Crippen molar-refractivity contribution in [1.29, 1.82) is 0 Å². The number of halogens is 1. The fourth-order valence-corrected chi connectivity index (χ4v) is 3.47. The van der Waals surface area contributed by atoms with E-state index in [1.54, 1.807) is 25.3 Å². The van der Waals surface area contributed by atoms with Gasteiger partial charge < -0.3 is 20.9 Å². The molecule has 0 saturated carbocycles. The Morgan fingerprint density at radius 2 is 2.03 bits per heavy atom. The number of nitrogen functional groups attached to an aromatic ring is 1. The van der Waals surface area contributed by atoms with Crippen LogP contribution in [0.15, 0.2) is 52.0 Å². The first-order chi connectivity index (χ1) is 15.0. The molecule has 4 rings (SSSR count). The smallest absolute Gasteiger partial charge is 0.257 e. The highest BCUT2D eigenvalue weighted by Gasteiger charge is 2.23. The minimum atomic E-state index is -0.400. The SMILES string of the molecule is COCCNC(=O)c1c(N)n(/N=C/c2cc(Br)ccc2O)c2nc3ccccc3nc12. The Labute approximate surface area is 185 Å². The van der Waals surface area contributed by atoms with Gasteiger partial charge >= 0.3 is 0 Å². The Kier molecular flexibility index (Phi) is 5.83. The molecule has 10 heteroatoms. The molecule has 31 heavy (non-hydrogen) atoms. The van der Waals surface area contributed by atoms with Crippen molar-refractivity contribution in [3.63, 3.8) is 0 Å². The first-order valence-corrected chi connectivity index (χ1v) is 10.2. The average molecular weight is 483 g/mol. The first kappa shape index (κ1) is 20.8. The molecule has 158 valence electrons. The van der Waals surface area contributed by atoms with Crippen molar-refractivity contribution in [1.82, 2.24) is 20.0 Å². The quantitative estimate of drug-likeness (QED) is 0.286. The van der Waals surface area contributed by atoms with Gasteiger partial charge in [-0.2, -0.15) is 9.78 Å². The zero-order valence-electron chi connectivity index (χ0n) is 16.5. The number of rotatable bonds is 6. The Balaban J connectivity index is 1.88. The largest absolute Gasteiger partial charge is 0.507 e. The molecular weight excluding hydrogens is 464 g/mol. The van der Waals surface area contributed by atoms with Crippen molar-refractivity contribution in [2.24, 2.45) is 5.10 Å². The summed E-state index contributed by atoms with van der Waals surface area (Å²) in [6.07, 6.45) is 1.44. The number of hydrogen-bond donors (Lipinski definition) is 3. The number of phenolic OH excluding ortho intramolecular Hbond substituents is 1. The van der Waals surface area contributed by atoms with Crippen molar-refractivity contribution >= 4 is 56.1 Å².